The number of para-hydroxylation sites is 1. The van der Waals surface area contributed by atoms with Gasteiger partial charge in [0.05, 0.1) is 61.1 Å². The fraction of sp³-hybridized carbons (Fsp3) is 0.224. The molecule has 105 heavy (non-hydrogen) atoms. The molecule has 0 aliphatic heterocycles. The molecule has 7 heterocycles. The lowest BCUT2D eigenvalue weighted by molar-refractivity contribution is -0.665. The van der Waals surface area contributed by atoms with Crippen LogP contribution in [0.3, 0.4) is 0 Å². The van der Waals surface area contributed by atoms with E-state index in [1.165, 1.54) is 132 Å². The van der Waals surface area contributed by atoms with Crippen LogP contribution < -0.4 is 18.3 Å². The van der Waals surface area contributed by atoms with Gasteiger partial charge in [-0.3, -0.25) is 0 Å². The minimum absolute atomic E-state index is 0.0241. The molecule has 1 aliphatic rings. The van der Waals surface area contributed by atoms with Crippen LogP contribution in [0.1, 0.15) is 118 Å². The number of nitrogens with zero attached hydrogens (tertiary/aromatic N) is 5. The molecule has 0 saturated heterocycles. The number of pyridine rings is 4. The second kappa shape index (κ2) is 27.0. The van der Waals surface area contributed by atoms with Crippen molar-refractivity contribution < 1.29 is 28.2 Å². The van der Waals surface area contributed by atoms with E-state index < -0.39 is 0 Å². The molecule has 0 amide bonds. The number of aryl methyl sites for hydroxylation is 8. The Balaban J connectivity index is 0.000000116. The van der Waals surface area contributed by atoms with Gasteiger partial charge in [0.1, 0.15) is 33.8 Å². The zero-order valence-corrected chi connectivity index (χ0v) is 65.4. The summed E-state index contributed by atoms with van der Waals surface area (Å²) in [5.74, 6) is 0. The monoisotopic (exact) mass is 1400 g/mol. The average molecular weight is 1400 g/mol. The summed E-state index contributed by atoms with van der Waals surface area (Å²) >= 11 is 1.78. The fourth-order valence-corrected chi connectivity index (χ4v) is 17.3. The summed E-state index contributed by atoms with van der Waals surface area (Å²) in [6.45, 7) is 34.4. The molecule has 522 valence electrons. The highest BCUT2D eigenvalue weighted by atomic mass is 32.1. The third-order valence-electron chi connectivity index (χ3n) is 22.5. The van der Waals surface area contributed by atoms with Gasteiger partial charge in [-0.15, -0.1) is 11.3 Å². The molecule has 7 aromatic heterocycles. The number of hydrogen-bond acceptors (Lipinski definition) is 2. The smallest absolute Gasteiger partial charge is 0.220 e. The first kappa shape index (κ1) is 64.9. The molecule has 0 fully saturated rings. The number of rotatable bonds is 5. The van der Waals surface area contributed by atoms with Crippen LogP contribution in [0.5, 0.6) is 0 Å². The lowest BCUT2D eigenvalue weighted by Gasteiger charge is -2.22. The van der Waals surface area contributed by atoms with Crippen molar-refractivity contribution in [1.29, 1.82) is 0 Å². The molecule has 0 radical (unpaired) electrons. The van der Waals surface area contributed by atoms with E-state index in [9.17, 15) is 0 Å². The summed E-state index contributed by atoms with van der Waals surface area (Å²) in [5, 5.41) is 15.8. The largest absolute Gasteiger partial charge is 0.464 e. The van der Waals surface area contributed by atoms with Gasteiger partial charge < -0.3 is 8.98 Å². The first-order chi connectivity index (χ1) is 51.9. The Hall–Kier alpha value is -10.9. The van der Waals surface area contributed by atoms with Crippen molar-refractivity contribution >= 4 is 97.3 Å². The predicted octanol–water partition coefficient (Wildman–Crippen LogP) is 24.0. The summed E-state index contributed by atoms with van der Waals surface area (Å²) in [7, 11) is 8.28. The van der Waals surface area contributed by atoms with Gasteiger partial charge in [-0.05, 0) is 231 Å². The Labute approximate surface area is 629 Å². The Bertz CT molecular complexity index is 6510. The van der Waals surface area contributed by atoms with Crippen LogP contribution in [0.2, 0.25) is 0 Å². The molecule has 0 unspecified atom stereocenters. The summed E-state index contributed by atoms with van der Waals surface area (Å²) in [6, 6.07) is 68.5. The van der Waals surface area contributed by atoms with Crippen LogP contribution in [-0.4, -0.2) is 4.57 Å². The highest BCUT2D eigenvalue weighted by Crippen LogP contribution is 2.51. The zero-order chi connectivity index (χ0) is 77.4. The molecule has 0 bridgehead atoms. The zero-order valence-electron chi connectivity index (χ0n) is 68.6. The molecular weight excluding hydrogens is 1300 g/mol. The van der Waals surface area contributed by atoms with Crippen molar-refractivity contribution in [1.82, 2.24) is 4.57 Å². The minimum Gasteiger partial charge on any atom is -0.464 e. The molecule has 18 rings (SSSR count). The van der Waals surface area contributed by atoms with Gasteiger partial charge >= 0.3 is 0 Å². The summed E-state index contributed by atoms with van der Waals surface area (Å²) < 4.78 is 52.5. The molecule has 17 aromatic rings. The van der Waals surface area contributed by atoms with E-state index in [1.807, 2.05) is 33.9 Å². The normalized spacial score (nSPS) is 12.9. The maximum atomic E-state index is 8.71. The van der Waals surface area contributed by atoms with Gasteiger partial charge in [-0.1, -0.05) is 133 Å². The Morgan fingerprint density at radius 3 is 1.30 bits per heavy atom. The van der Waals surface area contributed by atoms with Gasteiger partial charge in [0, 0.05) is 89.7 Å². The molecular formula is C98H97N5OS+4. The number of furan rings is 1. The van der Waals surface area contributed by atoms with Crippen LogP contribution in [0, 0.1) is 83.1 Å². The average Bonchev–Trinajstić information content (AvgIpc) is 1.55. The molecule has 1 aliphatic carbocycles. The summed E-state index contributed by atoms with van der Waals surface area (Å²) in [6.07, 6.45) is 1.73. The van der Waals surface area contributed by atoms with E-state index in [1.54, 1.807) is 17.6 Å². The third kappa shape index (κ3) is 12.3. The lowest BCUT2D eigenvalue weighted by atomic mass is 9.81. The van der Waals surface area contributed by atoms with Gasteiger partial charge in [0.25, 0.3) is 0 Å². The molecule has 6 nitrogen and oxygen atoms in total. The maximum Gasteiger partial charge on any atom is 0.220 e. The SMILES string of the molecule is [2H]c1c(C)[n+](C)c(-c2cc3c(cc2C)-c2ccccc2C3(C)C)c2ccc(C)cc12.[2H]c1c(C)[n+](C)c(-c2cc3c(cc2C)c2ccccc2n3C(C)C)c2ccc(C)cc12.[2H]c1c(C)[n+](C)c(-c2cc3occc3cc2C)c2ccc(C)cc12.[2H]c1c(C)[n+](C)c(-c2cc3sccc3cc2C)c2ccc(C)cc12. The van der Waals surface area contributed by atoms with Gasteiger partial charge in [-0.2, -0.15) is 18.3 Å². The van der Waals surface area contributed by atoms with E-state index in [-0.39, 0.29) is 5.41 Å². The van der Waals surface area contributed by atoms with E-state index in [2.05, 4.69) is 315 Å². The quantitative estimate of drug-likeness (QED) is 0.158. The second-order valence-electron chi connectivity index (χ2n) is 30.5. The van der Waals surface area contributed by atoms with Crippen molar-refractivity contribution in [2.75, 3.05) is 0 Å². The van der Waals surface area contributed by atoms with Gasteiger partial charge in [0.15, 0.2) is 22.8 Å². The van der Waals surface area contributed by atoms with Gasteiger partial charge in [0.2, 0.25) is 22.8 Å². The summed E-state index contributed by atoms with van der Waals surface area (Å²) in [5.41, 5.74) is 32.2. The van der Waals surface area contributed by atoms with E-state index in [0.29, 0.717) is 30.2 Å². The Morgan fingerprint density at radius 1 is 0.362 bits per heavy atom. The molecule has 0 saturated carbocycles. The third-order valence-corrected chi connectivity index (χ3v) is 23.3. The van der Waals surface area contributed by atoms with Crippen LogP contribution >= 0.6 is 11.3 Å². The maximum absolute atomic E-state index is 8.71. The Morgan fingerprint density at radius 2 is 0.790 bits per heavy atom. The number of fused-ring (bicyclic) bond motifs is 12. The van der Waals surface area contributed by atoms with E-state index >= 15 is 0 Å². The lowest BCUT2D eigenvalue weighted by Crippen LogP contribution is -2.35. The highest BCUT2D eigenvalue weighted by molar-refractivity contribution is 7.17. The minimum atomic E-state index is -0.0241. The van der Waals surface area contributed by atoms with Crippen LogP contribution in [0.15, 0.2) is 222 Å². The van der Waals surface area contributed by atoms with Crippen LogP contribution in [-0.2, 0) is 33.6 Å². The predicted molar refractivity (Wildman–Crippen MR) is 445 cm³/mol. The first-order valence-electron chi connectivity index (χ1n) is 38.8. The van der Waals surface area contributed by atoms with Crippen molar-refractivity contribution in [3.05, 3.63) is 296 Å². The van der Waals surface area contributed by atoms with Gasteiger partial charge in [-0.25, -0.2) is 0 Å². The molecule has 10 aromatic carbocycles. The van der Waals surface area contributed by atoms with Crippen LogP contribution in [0.25, 0.3) is 142 Å². The van der Waals surface area contributed by atoms with Crippen LogP contribution in [0.4, 0.5) is 0 Å². The topological polar surface area (TPSA) is 33.6 Å². The summed E-state index contributed by atoms with van der Waals surface area (Å²) in [4.78, 5) is 0. The number of aromatic nitrogens is 5. The standard InChI is InChI=1S/C28H29N2.C28H28N.C21H20NO.C21H20NS/c1-17(2)30-26-10-8-7-9-23(26)25-14-19(4)24(16-27(25)30)28-22-12-11-18(3)13-21(22)15-20(5)29(28)6;1-17-11-12-21-20(13-17)15-19(3)29(6)27(21)23-16-26-24(14-18(23)2)22-9-7-8-10-25(22)28(26,4)5;2*1-13-5-6-18-17(9-13)11-15(3)22(4)21(18)19-12-20-16(7-8-23-20)10-14(19)2/h7-17H,1-6H3;7-16H,1-6H3;2*5-12H,1-4H3/q4*+1/i2*15D;2*11D. The Kier molecular flexibility index (Phi) is 16.7. The molecule has 7 heteroatoms. The van der Waals surface area contributed by atoms with E-state index in [0.717, 1.165) is 88.1 Å². The van der Waals surface area contributed by atoms with Crippen molar-refractivity contribution in [2.24, 2.45) is 28.2 Å². The number of benzene rings is 10. The first-order valence-corrected chi connectivity index (χ1v) is 37.7. The molecule has 0 spiro atoms. The molecule has 0 N–H and O–H groups in total. The van der Waals surface area contributed by atoms with Crippen molar-refractivity contribution in [3.63, 3.8) is 0 Å². The number of thiophene rings is 1. The molecule has 0 atom stereocenters. The second-order valence-corrected chi connectivity index (χ2v) is 31.4. The fourth-order valence-electron chi connectivity index (χ4n) is 16.5. The highest BCUT2D eigenvalue weighted by Gasteiger charge is 2.37. The van der Waals surface area contributed by atoms with Crippen molar-refractivity contribution in [2.45, 2.75) is 122 Å². The van der Waals surface area contributed by atoms with E-state index in [4.69, 9.17) is 9.90 Å². The number of hydrogen-bond donors (Lipinski definition) is 0. The van der Waals surface area contributed by atoms with Crippen molar-refractivity contribution in [3.8, 4) is 56.2 Å².